The van der Waals surface area contributed by atoms with Gasteiger partial charge in [-0.2, -0.15) is 0 Å². The number of carbonyl (C=O) groups is 1. The van der Waals surface area contributed by atoms with E-state index >= 15 is 0 Å². The second-order valence-corrected chi connectivity index (χ2v) is 16.7. The summed E-state index contributed by atoms with van der Waals surface area (Å²) >= 11 is 3.95. The summed E-state index contributed by atoms with van der Waals surface area (Å²) in [6, 6.07) is 21.5. The minimum absolute atomic E-state index is 0.102. The number of hydrogen-bond donors (Lipinski definition) is 0. The van der Waals surface area contributed by atoms with E-state index < -0.39 is 8.32 Å². The predicted octanol–water partition coefficient (Wildman–Crippen LogP) is 6.44. The quantitative estimate of drug-likeness (QED) is 0.0983. The first-order valence-corrected chi connectivity index (χ1v) is 16.2. The lowest BCUT2D eigenvalue weighted by Crippen LogP contribution is -2.67. The van der Waals surface area contributed by atoms with Gasteiger partial charge in [-0.15, -0.1) is 23.5 Å². The van der Waals surface area contributed by atoms with Crippen LogP contribution in [0.15, 0.2) is 85.0 Å². The van der Waals surface area contributed by atoms with Gasteiger partial charge in [0.25, 0.3) is 8.32 Å². The predicted molar refractivity (Wildman–Crippen MR) is 157 cm³/mol. The maximum atomic E-state index is 11.6. The summed E-state index contributed by atoms with van der Waals surface area (Å²) in [4.78, 5) is 11.6. The summed E-state index contributed by atoms with van der Waals surface area (Å²) in [6.07, 6.45) is 8.00. The molecule has 2 aromatic rings. The van der Waals surface area contributed by atoms with E-state index in [1.54, 1.807) is 6.08 Å². The zero-order valence-corrected chi connectivity index (χ0v) is 24.5. The van der Waals surface area contributed by atoms with E-state index in [1.165, 1.54) is 23.6 Å². The Morgan fingerprint density at radius 1 is 0.914 bits per heavy atom. The Bertz CT molecular complexity index is 894. The van der Waals surface area contributed by atoms with Gasteiger partial charge in [-0.1, -0.05) is 114 Å². The summed E-state index contributed by atoms with van der Waals surface area (Å²) in [5, 5.41) is 2.43. The van der Waals surface area contributed by atoms with Gasteiger partial charge in [-0.05, 0) is 33.3 Å². The molecule has 0 radical (unpaired) electrons. The molecule has 0 spiro atoms. The highest BCUT2D eigenvalue weighted by molar-refractivity contribution is 8.16. The van der Waals surface area contributed by atoms with Crippen molar-refractivity contribution in [2.24, 2.45) is 0 Å². The first kappa shape index (κ1) is 29.5. The van der Waals surface area contributed by atoms with Crippen molar-refractivity contribution in [3.05, 3.63) is 85.0 Å². The van der Waals surface area contributed by atoms with Gasteiger partial charge in [0.1, 0.15) is 0 Å². The van der Waals surface area contributed by atoms with Crippen molar-refractivity contribution in [1.82, 2.24) is 0 Å². The Labute approximate surface area is 221 Å². The van der Waals surface area contributed by atoms with Crippen molar-refractivity contribution in [3.8, 4) is 0 Å². The lowest BCUT2D eigenvalue weighted by molar-refractivity contribution is -0.134. The van der Waals surface area contributed by atoms with Crippen LogP contribution in [0.1, 0.15) is 41.0 Å². The highest BCUT2D eigenvalue weighted by Crippen LogP contribution is 2.39. The maximum Gasteiger partial charge on any atom is 0.330 e. The van der Waals surface area contributed by atoms with E-state index in [2.05, 4.69) is 101 Å². The first-order valence-electron chi connectivity index (χ1n) is 12.2. The fourth-order valence-corrected chi connectivity index (χ4v) is 11.5. The van der Waals surface area contributed by atoms with Gasteiger partial charge in [0.2, 0.25) is 0 Å². The van der Waals surface area contributed by atoms with Gasteiger partial charge >= 0.3 is 5.97 Å². The molecule has 0 saturated carbocycles. The summed E-state index contributed by atoms with van der Waals surface area (Å²) in [6.45, 7) is 11.3. The molecule has 0 fully saturated rings. The molecule has 0 aromatic heterocycles. The topological polar surface area (TPSA) is 35.5 Å². The average Bonchev–Trinajstić information content (AvgIpc) is 2.85. The number of rotatable bonds is 13. The van der Waals surface area contributed by atoms with Crippen molar-refractivity contribution >= 4 is 48.2 Å². The van der Waals surface area contributed by atoms with Crippen LogP contribution in [0.3, 0.4) is 0 Å². The molecule has 1 atom stereocenters. The van der Waals surface area contributed by atoms with Gasteiger partial charge in [-0.25, -0.2) is 4.79 Å². The largest absolute Gasteiger partial charge is 0.466 e. The minimum Gasteiger partial charge on any atom is -0.466 e. The number of hydrogen-bond acceptors (Lipinski definition) is 5. The number of allylic oxidation sites excluding steroid dienone is 2. The van der Waals surface area contributed by atoms with Gasteiger partial charge in [0.15, 0.2) is 0 Å². The molecular formula is C29H40O3S2Si. The van der Waals surface area contributed by atoms with E-state index in [1.807, 2.05) is 29.6 Å². The molecule has 0 aliphatic heterocycles. The molecule has 0 amide bonds. The van der Waals surface area contributed by atoms with Crippen molar-refractivity contribution in [2.75, 3.05) is 18.6 Å². The molecule has 190 valence electrons. The Hall–Kier alpha value is -1.73. The second-order valence-electron chi connectivity index (χ2n) is 9.16. The Balaban J connectivity index is 2.60. The zero-order chi connectivity index (χ0) is 25.7. The number of benzene rings is 2. The molecule has 3 nitrogen and oxygen atoms in total. The standard InChI is InChI=1S/C29H40O3S2Si/c1-7-33-28(34-8-2)23-24(17-15-16-22-27(30)31-6)32-35(29(3,4)5,25-18-11-9-12-19-25)26-20-13-10-14-21-26/h9-22,24,28H,7-8,23H2,1-6H3/b17-15+,22-16+/t24-/m0/s1. The van der Waals surface area contributed by atoms with Gasteiger partial charge < -0.3 is 9.16 Å². The van der Waals surface area contributed by atoms with Crippen LogP contribution in [0.2, 0.25) is 5.04 Å². The normalized spacial score (nSPS) is 13.6. The third-order valence-electron chi connectivity index (χ3n) is 5.75. The molecule has 0 aliphatic carbocycles. The molecule has 0 heterocycles. The zero-order valence-electron chi connectivity index (χ0n) is 21.9. The molecule has 2 rings (SSSR count). The molecule has 0 unspecified atom stereocenters. The molecule has 6 heteroatoms. The third kappa shape index (κ3) is 8.42. The molecule has 0 bridgehead atoms. The van der Waals surface area contributed by atoms with Crippen LogP contribution >= 0.6 is 23.5 Å². The van der Waals surface area contributed by atoms with E-state index in [9.17, 15) is 4.79 Å². The molecule has 35 heavy (non-hydrogen) atoms. The fourth-order valence-electron chi connectivity index (χ4n) is 4.22. The fraction of sp³-hybridized carbons (Fsp3) is 0.414. The summed E-state index contributed by atoms with van der Waals surface area (Å²) in [5.41, 5.74) is 0. The number of carbonyl (C=O) groups excluding carboxylic acids is 1. The number of thioether (sulfide) groups is 2. The Morgan fingerprint density at radius 3 is 1.86 bits per heavy atom. The number of ether oxygens (including phenoxy) is 1. The molecule has 0 aliphatic rings. The van der Waals surface area contributed by atoms with Crippen LogP contribution in [-0.2, 0) is 14.0 Å². The van der Waals surface area contributed by atoms with Crippen LogP contribution in [0.4, 0.5) is 0 Å². The van der Waals surface area contributed by atoms with E-state index in [-0.39, 0.29) is 17.1 Å². The Kier molecular flexibility index (Phi) is 12.4. The smallest absolute Gasteiger partial charge is 0.330 e. The van der Waals surface area contributed by atoms with Crippen LogP contribution in [0.25, 0.3) is 0 Å². The Morgan fingerprint density at radius 2 is 1.43 bits per heavy atom. The number of esters is 1. The van der Waals surface area contributed by atoms with E-state index in [0.29, 0.717) is 4.58 Å². The summed E-state index contributed by atoms with van der Waals surface area (Å²) in [7, 11) is -1.31. The van der Waals surface area contributed by atoms with Crippen LogP contribution < -0.4 is 10.4 Å². The molecule has 0 saturated heterocycles. The van der Waals surface area contributed by atoms with Crippen LogP contribution in [-0.4, -0.2) is 43.6 Å². The van der Waals surface area contributed by atoms with Crippen LogP contribution in [0, 0.1) is 0 Å². The van der Waals surface area contributed by atoms with Gasteiger partial charge in [0.05, 0.1) is 17.8 Å². The average molecular weight is 529 g/mol. The lowest BCUT2D eigenvalue weighted by atomic mass is 10.2. The van der Waals surface area contributed by atoms with E-state index in [4.69, 9.17) is 9.16 Å². The van der Waals surface area contributed by atoms with Crippen molar-refractivity contribution in [1.29, 1.82) is 0 Å². The van der Waals surface area contributed by atoms with Crippen molar-refractivity contribution < 1.29 is 14.0 Å². The number of methoxy groups -OCH3 is 1. The summed E-state index contributed by atoms with van der Waals surface area (Å²) in [5.74, 6) is 1.77. The molecule has 0 N–H and O–H groups in total. The maximum absolute atomic E-state index is 11.6. The molecule has 2 aromatic carbocycles. The summed E-state index contributed by atoms with van der Waals surface area (Å²) < 4.78 is 12.6. The van der Waals surface area contributed by atoms with Gasteiger partial charge in [0, 0.05) is 6.08 Å². The highest BCUT2D eigenvalue weighted by Gasteiger charge is 2.51. The first-order chi connectivity index (χ1) is 16.8. The SMILES string of the molecule is CCSC(C[C@H](/C=C/C=C/C(=O)OC)O[Si](c1ccccc1)(c1ccccc1)C(C)(C)C)SCC. The lowest BCUT2D eigenvalue weighted by Gasteiger charge is -2.45. The minimum atomic E-state index is -2.70. The third-order valence-corrected chi connectivity index (χ3v) is 13.4. The second kappa shape index (κ2) is 14.7. The van der Waals surface area contributed by atoms with E-state index in [0.717, 1.165) is 17.9 Å². The van der Waals surface area contributed by atoms with Gasteiger partial charge in [-0.3, -0.25) is 0 Å². The monoisotopic (exact) mass is 528 g/mol. The van der Waals surface area contributed by atoms with Crippen LogP contribution in [0.5, 0.6) is 0 Å². The van der Waals surface area contributed by atoms with Crippen molar-refractivity contribution in [3.63, 3.8) is 0 Å². The highest BCUT2D eigenvalue weighted by atomic mass is 32.2. The van der Waals surface area contributed by atoms with Crippen molar-refractivity contribution in [2.45, 2.75) is 56.8 Å². The molecular weight excluding hydrogens is 489 g/mol.